The number of hydrogen-bond donors (Lipinski definition) is 0. The first-order valence-corrected chi connectivity index (χ1v) is 10.2. The van der Waals surface area contributed by atoms with E-state index in [9.17, 15) is 22.0 Å². The summed E-state index contributed by atoms with van der Waals surface area (Å²) in [7, 11) is -4.27. The molecule has 0 aliphatic rings. The molecule has 0 heterocycles. The van der Waals surface area contributed by atoms with Gasteiger partial charge in [0.05, 0.1) is 17.2 Å². The van der Waals surface area contributed by atoms with Crippen molar-refractivity contribution in [1.29, 1.82) is 0 Å². The second kappa shape index (κ2) is 8.50. The highest BCUT2D eigenvalue weighted by molar-refractivity contribution is 7.98. The average molecular weight is 401 g/mol. The summed E-state index contributed by atoms with van der Waals surface area (Å²) in [5.74, 6) is -2.80. The van der Waals surface area contributed by atoms with Crippen molar-refractivity contribution >= 4 is 33.4 Å². The van der Waals surface area contributed by atoms with Gasteiger partial charge in [-0.25, -0.2) is 17.2 Å². The standard InChI is InChI=1S/C17H17F2NO4S2/c1-3-24-17(21)11-20(16-9-4-12(18)10-15(16)19)26(22,23)14-7-5-13(25-2)6-8-14/h4-10H,3,11H2,1-2H3. The van der Waals surface area contributed by atoms with Crippen LogP contribution in [0.5, 0.6) is 0 Å². The lowest BCUT2D eigenvalue weighted by Crippen LogP contribution is -2.37. The van der Waals surface area contributed by atoms with Gasteiger partial charge in [0.25, 0.3) is 10.0 Å². The average Bonchev–Trinajstić information content (AvgIpc) is 2.60. The van der Waals surface area contributed by atoms with Crippen molar-refractivity contribution in [3.63, 3.8) is 0 Å². The molecule has 2 aromatic carbocycles. The maximum Gasteiger partial charge on any atom is 0.326 e. The number of halogens is 2. The summed E-state index contributed by atoms with van der Waals surface area (Å²) < 4.78 is 58.7. The van der Waals surface area contributed by atoms with Crippen LogP contribution in [0.15, 0.2) is 52.3 Å². The summed E-state index contributed by atoms with van der Waals surface area (Å²) in [6.45, 7) is 0.875. The number of sulfonamides is 1. The van der Waals surface area contributed by atoms with E-state index >= 15 is 0 Å². The Labute approximate surface area is 155 Å². The molecule has 2 rings (SSSR count). The van der Waals surface area contributed by atoms with Crippen molar-refractivity contribution in [2.45, 2.75) is 16.7 Å². The first-order valence-electron chi connectivity index (χ1n) is 7.57. The van der Waals surface area contributed by atoms with Crippen LogP contribution in [0.25, 0.3) is 0 Å². The maximum atomic E-state index is 14.2. The molecule has 0 saturated carbocycles. The first-order chi connectivity index (χ1) is 12.3. The van der Waals surface area contributed by atoms with Crippen LogP contribution in [0.2, 0.25) is 0 Å². The fourth-order valence-electron chi connectivity index (χ4n) is 2.18. The second-order valence-corrected chi connectivity index (χ2v) is 7.83. The number of thioether (sulfide) groups is 1. The highest BCUT2D eigenvalue weighted by atomic mass is 32.2. The molecule has 0 radical (unpaired) electrons. The van der Waals surface area contributed by atoms with Gasteiger partial charge in [0.2, 0.25) is 0 Å². The van der Waals surface area contributed by atoms with Crippen LogP contribution in [0, 0.1) is 11.6 Å². The number of esters is 1. The van der Waals surface area contributed by atoms with Crippen molar-refractivity contribution in [3.05, 3.63) is 54.1 Å². The lowest BCUT2D eigenvalue weighted by molar-refractivity contribution is -0.141. The topological polar surface area (TPSA) is 63.7 Å². The van der Waals surface area contributed by atoms with E-state index < -0.39 is 39.9 Å². The van der Waals surface area contributed by atoms with Crippen LogP contribution in [-0.4, -0.2) is 33.8 Å². The zero-order valence-electron chi connectivity index (χ0n) is 14.1. The van der Waals surface area contributed by atoms with Crippen LogP contribution in [0.4, 0.5) is 14.5 Å². The number of ether oxygens (including phenoxy) is 1. The summed E-state index contributed by atoms with van der Waals surface area (Å²) in [6.07, 6.45) is 1.84. The normalized spacial score (nSPS) is 11.2. The van der Waals surface area contributed by atoms with Crippen molar-refractivity contribution in [2.24, 2.45) is 0 Å². The van der Waals surface area contributed by atoms with E-state index in [1.165, 1.54) is 23.9 Å². The van der Waals surface area contributed by atoms with Crippen molar-refractivity contribution in [1.82, 2.24) is 0 Å². The van der Waals surface area contributed by atoms with Gasteiger partial charge in [-0.2, -0.15) is 0 Å². The van der Waals surface area contributed by atoms with Gasteiger partial charge in [0.15, 0.2) is 0 Å². The molecular formula is C17H17F2NO4S2. The SMILES string of the molecule is CCOC(=O)CN(c1ccc(F)cc1F)S(=O)(=O)c1ccc(SC)cc1. The highest BCUT2D eigenvalue weighted by Gasteiger charge is 2.30. The van der Waals surface area contributed by atoms with E-state index in [-0.39, 0.29) is 11.5 Å². The molecular weight excluding hydrogens is 384 g/mol. The lowest BCUT2D eigenvalue weighted by Gasteiger charge is -2.24. The molecule has 140 valence electrons. The van der Waals surface area contributed by atoms with Gasteiger partial charge in [0, 0.05) is 11.0 Å². The van der Waals surface area contributed by atoms with E-state index in [4.69, 9.17) is 4.74 Å². The molecule has 5 nitrogen and oxygen atoms in total. The number of carbonyl (C=O) groups is 1. The maximum absolute atomic E-state index is 14.2. The Hall–Kier alpha value is -2.13. The molecule has 0 aliphatic carbocycles. The molecule has 0 unspecified atom stereocenters. The summed E-state index contributed by atoms with van der Waals surface area (Å²) in [6, 6.07) is 8.37. The molecule has 0 fully saturated rings. The fourth-order valence-corrected chi connectivity index (χ4v) is 4.01. The minimum absolute atomic E-state index is 0.0427. The van der Waals surface area contributed by atoms with Crippen molar-refractivity contribution in [2.75, 3.05) is 23.7 Å². The van der Waals surface area contributed by atoms with Crippen LogP contribution < -0.4 is 4.31 Å². The van der Waals surface area contributed by atoms with Gasteiger partial charge in [-0.1, -0.05) is 0 Å². The van der Waals surface area contributed by atoms with E-state index in [2.05, 4.69) is 0 Å². The molecule has 9 heteroatoms. The zero-order valence-corrected chi connectivity index (χ0v) is 15.7. The molecule has 0 N–H and O–H groups in total. The molecule has 26 heavy (non-hydrogen) atoms. The first kappa shape index (κ1) is 20.2. The van der Waals surface area contributed by atoms with E-state index in [1.807, 2.05) is 6.26 Å². The Bertz CT molecular complexity index is 886. The Morgan fingerprint density at radius 3 is 2.35 bits per heavy atom. The third-order valence-corrected chi connectivity index (χ3v) is 5.92. The summed E-state index contributed by atoms with van der Waals surface area (Å²) in [5, 5.41) is 0. The number of benzene rings is 2. The van der Waals surface area contributed by atoms with Gasteiger partial charge in [-0.05, 0) is 49.6 Å². The van der Waals surface area contributed by atoms with Crippen LogP contribution in [-0.2, 0) is 19.6 Å². The van der Waals surface area contributed by atoms with E-state index in [1.54, 1.807) is 19.1 Å². The zero-order chi connectivity index (χ0) is 19.3. The summed E-state index contributed by atoms with van der Waals surface area (Å²) in [5.41, 5.74) is -0.437. The molecule has 0 spiro atoms. The molecule has 0 saturated heterocycles. The van der Waals surface area contributed by atoms with Crippen LogP contribution >= 0.6 is 11.8 Å². The molecule has 0 atom stereocenters. The van der Waals surface area contributed by atoms with Gasteiger partial charge >= 0.3 is 5.97 Å². The Morgan fingerprint density at radius 2 is 1.81 bits per heavy atom. The summed E-state index contributed by atoms with van der Waals surface area (Å²) in [4.78, 5) is 12.6. The Kier molecular flexibility index (Phi) is 6.60. The van der Waals surface area contributed by atoms with Gasteiger partial charge < -0.3 is 4.74 Å². The number of rotatable bonds is 7. The Balaban J connectivity index is 2.51. The number of carbonyl (C=O) groups excluding carboxylic acids is 1. The minimum atomic E-state index is -4.27. The molecule has 0 amide bonds. The Morgan fingerprint density at radius 1 is 1.15 bits per heavy atom. The van der Waals surface area contributed by atoms with Gasteiger partial charge in [0.1, 0.15) is 18.2 Å². The predicted octanol–water partition coefficient (Wildman–Crippen LogP) is 3.45. The van der Waals surface area contributed by atoms with E-state index in [0.717, 1.165) is 17.0 Å². The lowest BCUT2D eigenvalue weighted by atomic mass is 10.3. The smallest absolute Gasteiger partial charge is 0.326 e. The van der Waals surface area contributed by atoms with Crippen LogP contribution in [0.1, 0.15) is 6.92 Å². The third kappa shape index (κ3) is 4.53. The summed E-state index contributed by atoms with van der Waals surface area (Å²) >= 11 is 1.43. The van der Waals surface area contributed by atoms with E-state index in [0.29, 0.717) is 10.4 Å². The molecule has 2 aromatic rings. The molecule has 0 bridgehead atoms. The minimum Gasteiger partial charge on any atom is -0.465 e. The van der Waals surface area contributed by atoms with Gasteiger partial charge in [-0.15, -0.1) is 11.8 Å². The van der Waals surface area contributed by atoms with Gasteiger partial charge in [-0.3, -0.25) is 9.10 Å². The predicted molar refractivity (Wildman–Crippen MR) is 95.7 cm³/mol. The largest absolute Gasteiger partial charge is 0.465 e. The fraction of sp³-hybridized carbons (Fsp3) is 0.235. The molecule has 0 aromatic heterocycles. The molecule has 0 aliphatic heterocycles. The number of anilines is 1. The third-order valence-electron chi connectivity index (χ3n) is 3.40. The highest BCUT2D eigenvalue weighted by Crippen LogP contribution is 2.28. The quantitative estimate of drug-likeness (QED) is 0.525. The van der Waals surface area contributed by atoms with Crippen molar-refractivity contribution < 1.29 is 26.7 Å². The van der Waals surface area contributed by atoms with Crippen molar-refractivity contribution in [3.8, 4) is 0 Å². The number of nitrogens with zero attached hydrogens (tertiary/aromatic N) is 1. The number of hydrogen-bond acceptors (Lipinski definition) is 5. The monoisotopic (exact) mass is 401 g/mol. The van der Waals surface area contributed by atoms with Crippen LogP contribution in [0.3, 0.4) is 0 Å². The second-order valence-electron chi connectivity index (χ2n) is 5.09.